The highest BCUT2D eigenvalue weighted by atomic mass is 79.9. The van der Waals surface area contributed by atoms with Crippen LogP contribution in [-0.2, 0) is 11.2 Å². The summed E-state index contributed by atoms with van der Waals surface area (Å²) in [4.78, 5) is 16.2. The lowest BCUT2D eigenvalue weighted by Gasteiger charge is -2.04. The predicted molar refractivity (Wildman–Crippen MR) is 88.3 cm³/mol. The van der Waals surface area contributed by atoms with Gasteiger partial charge in [-0.3, -0.25) is 4.79 Å². The Morgan fingerprint density at radius 1 is 1.47 bits per heavy atom. The van der Waals surface area contributed by atoms with Crippen LogP contribution in [0.4, 0.5) is 5.13 Å². The number of amides is 1. The van der Waals surface area contributed by atoms with E-state index in [0.717, 1.165) is 27.5 Å². The van der Waals surface area contributed by atoms with Crippen LogP contribution in [0, 0.1) is 0 Å². The number of anilines is 1. The van der Waals surface area contributed by atoms with Crippen LogP contribution in [0.2, 0.25) is 0 Å². The lowest BCUT2D eigenvalue weighted by molar-refractivity contribution is -0.115. The van der Waals surface area contributed by atoms with Gasteiger partial charge in [0.05, 0.1) is 15.0 Å². The molecule has 0 saturated heterocycles. The second kappa shape index (κ2) is 6.33. The van der Waals surface area contributed by atoms with E-state index in [1.54, 1.807) is 0 Å². The minimum absolute atomic E-state index is 0.0429. The van der Waals surface area contributed by atoms with Gasteiger partial charge in [0.25, 0.3) is 0 Å². The summed E-state index contributed by atoms with van der Waals surface area (Å²) in [7, 11) is 0. The third-order valence-corrected chi connectivity index (χ3v) is 5.23. The van der Waals surface area contributed by atoms with E-state index in [0.29, 0.717) is 5.13 Å². The smallest absolute Gasteiger partial charge is 0.239 e. The molecule has 0 saturated carbocycles. The van der Waals surface area contributed by atoms with Crippen molar-refractivity contribution in [3.63, 3.8) is 0 Å². The number of aromatic nitrogens is 1. The Balaban J connectivity index is 2.34. The van der Waals surface area contributed by atoms with Gasteiger partial charge in [-0.15, -0.1) is 0 Å². The number of rotatable bonds is 4. The maximum absolute atomic E-state index is 11.8. The molecule has 0 bridgehead atoms. The monoisotopic (exact) mass is 404 g/mol. The summed E-state index contributed by atoms with van der Waals surface area (Å²) in [5.74, 6) is -0.0429. The van der Waals surface area contributed by atoms with Crippen molar-refractivity contribution >= 4 is 64.5 Å². The summed E-state index contributed by atoms with van der Waals surface area (Å²) >= 11 is 8.35. The van der Waals surface area contributed by atoms with E-state index in [4.69, 9.17) is 0 Å². The molecule has 2 rings (SSSR count). The summed E-state index contributed by atoms with van der Waals surface area (Å²) in [5.41, 5.74) is 2.17. The molecule has 0 fully saturated rings. The molecule has 0 aliphatic rings. The summed E-state index contributed by atoms with van der Waals surface area (Å²) in [6.45, 7) is 4.06. The summed E-state index contributed by atoms with van der Waals surface area (Å²) < 4.78 is 2.13. The van der Waals surface area contributed by atoms with E-state index in [1.165, 1.54) is 16.9 Å². The Bertz CT molecular complexity index is 612. The second-order valence-electron chi connectivity index (χ2n) is 4.15. The van der Waals surface area contributed by atoms with Crippen LogP contribution in [0.15, 0.2) is 16.6 Å². The third-order valence-electron chi connectivity index (χ3n) is 2.79. The molecule has 6 heteroatoms. The normalized spacial score (nSPS) is 12.6. The van der Waals surface area contributed by atoms with Crippen molar-refractivity contribution in [1.82, 2.24) is 4.98 Å². The minimum atomic E-state index is -0.170. The van der Waals surface area contributed by atoms with E-state index in [2.05, 4.69) is 55.2 Å². The zero-order valence-corrected chi connectivity index (χ0v) is 14.7. The number of nitrogens with zero attached hydrogens (tertiary/aromatic N) is 1. The topological polar surface area (TPSA) is 42.0 Å². The average molecular weight is 406 g/mol. The number of halogens is 2. The number of aryl methyl sites for hydroxylation is 1. The first-order valence-electron chi connectivity index (χ1n) is 6.09. The molecule has 1 heterocycles. The third kappa shape index (κ3) is 3.35. The molecule has 102 valence electrons. The molecule has 0 aliphatic carbocycles. The number of hydrogen-bond donors (Lipinski definition) is 1. The van der Waals surface area contributed by atoms with E-state index >= 15 is 0 Å². The number of nitrogens with one attached hydrogen (secondary N) is 1. The Morgan fingerprint density at radius 3 is 2.84 bits per heavy atom. The van der Waals surface area contributed by atoms with Crippen molar-refractivity contribution in [2.75, 3.05) is 5.32 Å². The molecule has 1 aromatic carbocycles. The minimum Gasteiger partial charge on any atom is -0.301 e. The maximum Gasteiger partial charge on any atom is 0.239 e. The first kappa shape index (κ1) is 14.9. The molecule has 1 atom stereocenters. The number of carbonyl (C=O) groups excluding carboxylic acids is 1. The van der Waals surface area contributed by atoms with E-state index in [1.807, 2.05) is 13.0 Å². The number of alkyl halides is 1. The summed E-state index contributed by atoms with van der Waals surface area (Å²) in [6.07, 6.45) is 1.67. The van der Waals surface area contributed by atoms with Gasteiger partial charge in [-0.1, -0.05) is 57.0 Å². The SMILES string of the molecule is CCc1cc(Br)cc2sc(NC(=O)[C@@H](Br)CC)nc12. The van der Waals surface area contributed by atoms with Crippen LogP contribution in [0.5, 0.6) is 0 Å². The Kier molecular flexibility index (Phi) is 4.97. The van der Waals surface area contributed by atoms with E-state index < -0.39 is 0 Å². The molecule has 1 N–H and O–H groups in total. The van der Waals surface area contributed by atoms with E-state index in [-0.39, 0.29) is 10.7 Å². The molecular weight excluding hydrogens is 392 g/mol. The van der Waals surface area contributed by atoms with Crippen molar-refractivity contribution in [3.8, 4) is 0 Å². The first-order chi connectivity index (χ1) is 9.05. The summed E-state index contributed by atoms with van der Waals surface area (Å²) in [5, 5.41) is 3.52. The van der Waals surface area contributed by atoms with Crippen LogP contribution >= 0.6 is 43.2 Å². The van der Waals surface area contributed by atoms with Gasteiger partial charge in [0.2, 0.25) is 5.91 Å². The van der Waals surface area contributed by atoms with Gasteiger partial charge in [0.1, 0.15) is 0 Å². The highest BCUT2D eigenvalue weighted by Crippen LogP contribution is 2.32. The van der Waals surface area contributed by atoms with Crippen molar-refractivity contribution < 1.29 is 4.79 Å². The summed E-state index contributed by atoms with van der Waals surface area (Å²) in [6, 6.07) is 4.11. The van der Waals surface area contributed by atoms with Crippen LogP contribution in [0.1, 0.15) is 25.8 Å². The maximum atomic E-state index is 11.8. The Morgan fingerprint density at radius 2 is 2.21 bits per heavy atom. The molecule has 1 aromatic heterocycles. The van der Waals surface area contributed by atoms with Crippen molar-refractivity contribution in [1.29, 1.82) is 0 Å². The van der Waals surface area contributed by atoms with Gasteiger partial charge >= 0.3 is 0 Å². The molecule has 0 unspecified atom stereocenters. The Hall–Kier alpha value is -0.460. The molecule has 1 amide bonds. The number of hydrogen-bond acceptors (Lipinski definition) is 3. The predicted octanol–water partition coefficient (Wildman–Crippen LogP) is 4.73. The largest absolute Gasteiger partial charge is 0.301 e. The van der Waals surface area contributed by atoms with E-state index in [9.17, 15) is 4.79 Å². The highest BCUT2D eigenvalue weighted by Gasteiger charge is 2.15. The molecule has 0 radical (unpaired) electrons. The van der Waals surface area contributed by atoms with Crippen molar-refractivity contribution in [3.05, 3.63) is 22.2 Å². The lowest BCUT2D eigenvalue weighted by atomic mass is 10.1. The zero-order chi connectivity index (χ0) is 14.0. The standard InChI is InChI=1S/C13H14Br2N2OS/c1-3-7-5-8(14)6-10-11(7)16-13(19-10)17-12(18)9(15)4-2/h5-6,9H,3-4H2,1-2H3,(H,16,17,18)/t9-/m0/s1. The number of fused-ring (bicyclic) bond motifs is 1. The van der Waals surface area contributed by atoms with Crippen LogP contribution < -0.4 is 5.32 Å². The quantitative estimate of drug-likeness (QED) is 0.746. The van der Waals surface area contributed by atoms with Gasteiger partial charge in [0.15, 0.2) is 5.13 Å². The molecule has 0 aliphatic heterocycles. The molecule has 2 aromatic rings. The first-order valence-corrected chi connectivity index (χ1v) is 8.61. The van der Waals surface area contributed by atoms with Gasteiger partial charge in [-0.05, 0) is 30.5 Å². The van der Waals surface area contributed by atoms with Crippen molar-refractivity contribution in [2.24, 2.45) is 0 Å². The number of thiazole rings is 1. The second-order valence-corrected chi connectivity index (χ2v) is 7.20. The molecule has 0 spiro atoms. The Labute approximate surface area is 133 Å². The molecule has 19 heavy (non-hydrogen) atoms. The molecular formula is C13H14Br2N2OS. The fourth-order valence-corrected chi connectivity index (χ4v) is 3.48. The van der Waals surface area contributed by atoms with Crippen molar-refractivity contribution in [2.45, 2.75) is 31.5 Å². The number of carbonyl (C=O) groups is 1. The zero-order valence-electron chi connectivity index (χ0n) is 10.7. The van der Waals surface area contributed by atoms with Gasteiger partial charge in [-0.25, -0.2) is 4.98 Å². The fraction of sp³-hybridized carbons (Fsp3) is 0.385. The van der Waals surface area contributed by atoms with Crippen LogP contribution in [0.25, 0.3) is 10.2 Å². The fourth-order valence-electron chi connectivity index (χ4n) is 1.75. The van der Waals surface area contributed by atoms with Crippen LogP contribution in [-0.4, -0.2) is 15.7 Å². The van der Waals surface area contributed by atoms with Gasteiger partial charge in [0, 0.05) is 4.47 Å². The van der Waals surface area contributed by atoms with Gasteiger partial charge < -0.3 is 5.32 Å². The average Bonchev–Trinajstić information content (AvgIpc) is 2.78. The number of benzene rings is 1. The lowest BCUT2D eigenvalue weighted by Crippen LogP contribution is -2.21. The molecule has 3 nitrogen and oxygen atoms in total. The van der Waals surface area contributed by atoms with Crippen LogP contribution in [0.3, 0.4) is 0 Å². The van der Waals surface area contributed by atoms with Gasteiger partial charge in [-0.2, -0.15) is 0 Å². The highest BCUT2D eigenvalue weighted by molar-refractivity contribution is 9.10.